The first-order chi connectivity index (χ1) is 56.3. The minimum absolute atomic E-state index is 0.00650. The van der Waals surface area contributed by atoms with Crippen LogP contribution >= 0.6 is 0 Å². The number of hydrogen-bond acceptors (Lipinski definition) is 19. The maximum atomic E-state index is 14.3. The molecule has 116 heavy (non-hydrogen) atoms. The Balaban J connectivity index is 0.716. The highest BCUT2D eigenvalue weighted by atomic mass is 16.6. The van der Waals surface area contributed by atoms with Gasteiger partial charge in [0, 0.05) is 69.2 Å². The van der Waals surface area contributed by atoms with Crippen molar-refractivity contribution in [3.63, 3.8) is 0 Å². The largest absolute Gasteiger partial charge is 0.461 e. The van der Waals surface area contributed by atoms with Gasteiger partial charge in [-0.25, -0.2) is 14.4 Å². The average Bonchev–Trinajstić information content (AvgIpc) is 1.62. The predicted molar refractivity (Wildman–Crippen MR) is 433 cm³/mol. The number of rotatable bonds is 49. The van der Waals surface area contributed by atoms with E-state index in [0.717, 1.165) is 55.6 Å². The van der Waals surface area contributed by atoms with Crippen molar-refractivity contribution < 1.29 is 85.9 Å². The molecule has 0 bridgehead atoms. The summed E-state index contributed by atoms with van der Waals surface area (Å²) in [5.41, 5.74) is 17.4. The molecule has 7 aromatic carbocycles. The van der Waals surface area contributed by atoms with Gasteiger partial charge in [-0.15, -0.1) is 0 Å². The van der Waals surface area contributed by atoms with Crippen LogP contribution in [0.3, 0.4) is 0 Å². The van der Waals surface area contributed by atoms with Gasteiger partial charge in [0.1, 0.15) is 57.8 Å². The Morgan fingerprint density at radius 1 is 0.345 bits per heavy atom. The molecule has 616 valence electrons. The van der Waals surface area contributed by atoms with E-state index in [4.69, 9.17) is 38.9 Å². The molecule has 9 rings (SSSR count). The van der Waals surface area contributed by atoms with Crippen molar-refractivity contribution in [3.05, 3.63) is 227 Å². The zero-order valence-corrected chi connectivity index (χ0v) is 65.8. The Kier molecular flexibility index (Phi) is 36.3. The topological polar surface area (TPSA) is 375 Å². The molecule has 2 aliphatic rings. The van der Waals surface area contributed by atoms with E-state index in [-0.39, 0.29) is 142 Å². The summed E-state index contributed by atoms with van der Waals surface area (Å²) in [6.07, 6.45) is 0.778. The highest BCUT2D eigenvalue weighted by Gasteiger charge is 2.33. The van der Waals surface area contributed by atoms with Crippen LogP contribution in [0.4, 0.5) is 9.59 Å². The van der Waals surface area contributed by atoms with Crippen molar-refractivity contribution in [1.29, 1.82) is 0 Å². The molecule has 7 aromatic rings. The Labute approximate surface area is 676 Å². The molecular weight excluding hydrogens is 1480 g/mol. The summed E-state index contributed by atoms with van der Waals surface area (Å²) in [6.45, 7) is 3.63. The lowest BCUT2D eigenvalue weighted by atomic mass is 9.98. The molecule has 27 nitrogen and oxygen atoms in total. The van der Waals surface area contributed by atoms with Crippen molar-refractivity contribution in [2.45, 2.75) is 172 Å². The molecule has 6 unspecified atom stereocenters. The summed E-state index contributed by atoms with van der Waals surface area (Å²) in [4.78, 5) is 147. The number of ether oxygens (including phenoxy) is 7. The number of benzene rings is 7. The van der Waals surface area contributed by atoms with Gasteiger partial charge < -0.3 is 81.4 Å². The number of amides is 8. The molecule has 0 fully saturated rings. The SMILES string of the molecule is CC(CCC(=O)OCc1ccccc1)NC(=O)CCC(NC(=O)COCCOCCNC(=O)C(CCCCNC(=O)OCC1c2ccccc2-c2ccccc21)NC(=O)CCC(N)C(=O)NC(C)CCCCNC(=O)OCC1c2ccccc2-c2ccccc21)C(=O)NC(CCC(=O)OCc1ccccc1)C(=O)OCc1ccccc1. The smallest absolute Gasteiger partial charge is 0.407 e. The molecule has 0 aliphatic heterocycles. The molecule has 2 aliphatic carbocycles. The zero-order valence-electron chi connectivity index (χ0n) is 65.8. The molecule has 8 amide bonds. The van der Waals surface area contributed by atoms with E-state index >= 15 is 0 Å². The van der Waals surface area contributed by atoms with Crippen LogP contribution < -0.4 is 48.3 Å². The summed E-state index contributed by atoms with van der Waals surface area (Å²) in [5, 5.41) is 22.1. The second-order valence-corrected chi connectivity index (χ2v) is 28.8. The van der Waals surface area contributed by atoms with Gasteiger partial charge in [-0.05, 0) is 139 Å². The van der Waals surface area contributed by atoms with Crippen LogP contribution in [0.1, 0.15) is 155 Å². The molecule has 0 saturated carbocycles. The summed E-state index contributed by atoms with van der Waals surface area (Å²) in [6, 6.07) is 53.6. The molecule has 0 aromatic heterocycles. The van der Waals surface area contributed by atoms with E-state index in [1.54, 1.807) is 61.5 Å². The van der Waals surface area contributed by atoms with Gasteiger partial charge in [-0.2, -0.15) is 0 Å². The van der Waals surface area contributed by atoms with E-state index < -0.39 is 102 Å². The summed E-state index contributed by atoms with van der Waals surface area (Å²) in [5.74, 6) is -5.78. The summed E-state index contributed by atoms with van der Waals surface area (Å²) in [7, 11) is 0. The summed E-state index contributed by atoms with van der Waals surface area (Å²) < 4.78 is 39.1. The van der Waals surface area contributed by atoms with Crippen LogP contribution in [0.5, 0.6) is 0 Å². The molecule has 0 saturated heterocycles. The first-order valence-corrected chi connectivity index (χ1v) is 39.8. The second-order valence-electron chi connectivity index (χ2n) is 28.8. The first-order valence-electron chi connectivity index (χ1n) is 39.8. The van der Waals surface area contributed by atoms with Crippen molar-refractivity contribution in [2.75, 3.05) is 59.3 Å². The quantitative estimate of drug-likeness (QED) is 0.00972. The monoisotopic (exact) mass is 1590 g/mol. The third-order valence-electron chi connectivity index (χ3n) is 19.9. The van der Waals surface area contributed by atoms with E-state index in [2.05, 4.69) is 78.9 Å². The Morgan fingerprint density at radius 2 is 0.759 bits per heavy atom. The second kappa shape index (κ2) is 47.8. The van der Waals surface area contributed by atoms with Crippen LogP contribution in [-0.2, 0) is 96.1 Å². The van der Waals surface area contributed by atoms with E-state index in [1.165, 1.54) is 0 Å². The number of nitrogens with two attached hydrogens (primary N) is 1. The minimum Gasteiger partial charge on any atom is -0.461 e. The third-order valence-corrected chi connectivity index (χ3v) is 19.9. The molecule has 0 spiro atoms. The maximum Gasteiger partial charge on any atom is 0.407 e. The van der Waals surface area contributed by atoms with Crippen molar-refractivity contribution in [1.82, 2.24) is 42.5 Å². The lowest BCUT2D eigenvalue weighted by Crippen LogP contribution is -2.53. The fourth-order valence-electron chi connectivity index (χ4n) is 13.6. The predicted octanol–water partition coefficient (Wildman–Crippen LogP) is 9.70. The number of nitrogens with one attached hydrogen (secondary N) is 8. The molecule has 10 N–H and O–H groups in total. The van der Waals surface area contributed by atoms with Crippen molar-refractivity contribution >= 4 is 65.5 Å². The maximum absolute atomic E-state index is 14.3. The third kappa shape index (κ3) is 29.5. The van der Waals surface area contributed by atoms with E-state index in [9.17, 15) is 52.7 Å². The van der Waals surface area contributed by atoms with Gasteiger partial charge in [0.2, 0.25) is 35.4 Å². The fourth-order valence-corrected chi connectivity index (χ4v) is 13.6. The van der Waals surface area contributed by atoms with Crippen LogP contribution in [0, 0.1) is 0 Å². The summed E-state index contributed by atoms with van der Waals surface area (Å²) >= 11 is 0. The lowest BCUT2D eigenvalue weighted by Gasteiger charge is -2.23. The zero-order chi connectivity index (χ0) is 82.2. The van der Waals surface area contributed by atoms with E-state index in [0.29, 0.717) is 44.2 Å². The molecule has 6 atom stereocenters. The van der Waals surface area contributed by atoms with Crippen molar-refractivity contribution in [3.8, 4) is 22.3 Å². The molecule has 0 radical (unpaired) electrons. The number of fused-ring (bicyclic) bond motifs is 6. The van der Waals surface area contributed by atoms with Gasteiger partial charge in [-0.1, -0.05) is 188 Å². The van der Waals surface area contributed by atoms with Gasteiger partial charge in [0.05, 0.1) is 25.9 Å². The highest BCUT2D eigenvalue weighted by Crippen LogP contribution is 2.46. The lowest BCUT2D eigenvalue weighted by molar-refractivity contribution is -0.151. The average molecular weight is 1590 g/mol. The Morgan fingerprint density at radius 3 is 1.28 bits per heavy atom. The minimum atomic E-state index is -1.42. The number of carbonyl (C=O) groups excluding carboxylic acids is 11. The van der Waals surface area contributed by atoms with Crippen LogP contribution in [-0.4, -0.2) is 161 Å². The van der Waals surface area contributed by atoms with Crippen LogP contribution in [0.15, 0.2) is 188 Å². The number of hydrogen-bond donors (Lipinski definition) is 9. The Hall–Kier alpha value is -11.8. The van der Waals surface area contributed by atoms with Crippen molar-refractivity contribution in [2.24, 2.45) is 5.73 Å². The van der Waals surface area contributed by atoms with Gasteiger partial charge in [0.25, 0.3) is 0 Å². The number of carbonyl (C=O) groups is 11. The Bertz CT molecular complexity index is 4270. The number of unbranched alkanes of at least 4 members (excludes halogenated alkanes) is 2. The molecule has 27 heteroatoms. The molecule has 0 heterocycles. The van der Waals surface area contributed by atoms with Gasteiger partial charge in [0.15, 0.2) is 0 Å². The number of esters is 3. The van der Waals surface area contributed by atoms with E-state index in [1.807, 2.05) is 104 Å². The fraction of sp³-hybridized carbons (Fsp3) is 0.404. The van der Waals surface area contributed by atoms with Crippen LogP contribution in [0.2, 0.25) is 0 Å². The molecular formula is C89H107N9O18. The normalized spacial score (nSPS) is 13.3. The number of alkyl carbamates (subject to hydrolysis) is 2. The van der Waals surface area contributed by atoms with Gasteiger partial charge >= 0.3 is 30.1 Å². The first kappa shape index (κ1) is 88.1. The van der Waals surface area contributed by atoms with Crippen LogP contribution in [0.25, 0.3) is 22.3 Å². The van der Waals surface area contributed by atoms with Gasteiger partial charge in [-0.3, -0.25) is 38.4 Å². The standard InChI is InChI=1S/C89H107N9O18/c1-60(24-20-22-48-92-88(108)115-57-73-69-35-16-12-31-65(69)66-32-13-17-36-70(66)73)95-84(104)75(90)41-44-80(100)96-76(39-21-23-49-93-89(109)116-58-74-71-37-18-14-33-67(71)68-34-15-19-38-72(68)74)85(105)91-50-51-110-52-53-111-59-81(101)97-77(42-45-79(99)94-61(2)40-46-82(102)112-54-62-25-6-3-7-26-62)86(106)98-78(87(107)114-56-64-29-10-5-11-30-64)43-47-83(103)113-55-63-27-8-4-9-28-63/h3-19,25-38,60-61,73-78H,20-24,39-59,90H2,1-2H3,(H,91,105)(H,92,108)(H,93,109)(H,94,99)(H,95,104)(H,96,100)(H,97,101)(H,98,106). The highest BCUT2D eigenvalue weighted by molar-refractivity contribution is 5.92.